The Hall–Kier alpha value is -1.06. The second-order valence-corrected chi connectivity index (χ2v) is 5.25. The number of halogens is 1. The zero-order valence-electron chi connectivity index (χ0n) is 11.6. The second kappa shape index (κ2) is 8.18. The van der Waals surface area contributed by atoms with Gasteiger partial charge in [-0.1, -0.05) is 31.0 Å². The Morgan fingerprint density at radius 3 is 2.74 bits per heavy atom. The molecule has 2 N–H and O–H groups in total. The van der Waals surface area contributed by atoms with Crippen molar-refractivity contribution >= 4 is 17.5 Å². The minimum atomic E-state index is -0.110. The van der Waals surface area contributed by atoms with E-state index in [1.807, 2.05) is 13.0 Å². The monoisotopic (exact) mass is 283 g/mol. The Kier molecular flexibility index (Phi) is 6.89. The van der Waals surface area contributed by atoms with E-state index in [2.05, 4.69) is 12.2 Å². The number of hydrogen-bond donors (Lipinski definition) is 2. The van der Waals surface area contributed by atoms with E-state index >= 15 is 0 Å². The van der Waals surface area contributed by atoms with E-state index in [0.717, 1.165) is 24.8 Å². The van der Waals surface area contributed by atoms with Gasteiger partial charge in [-0.3, -0.25) is 4.79 Å². The first-order valence-corrected chi connectivity index (χ1v) is 7.11. The summed E-state index contributed by atoms with van der Waals surface area (Å²) in [4.78, 5) is 12.0. The van der Waals surface area contributed by atoms with E-state index in [0.29, 0.717) is 23.0 Å². The lowest BCUT2D eigenvalue weighted by Gasteiger charge is -2.15. The van der Waals surface area contributed by atoms with Gasteiger partial charge in [-0.05, 0) is 43.4 Å². The molecule has 0 saturated carbocycles. The molecule has 0 saturated heterocycles. The molecular weight excluding hydrogens is 262 g/mol. The second-order valence-electron chi connectivity index (χ2n) is 4.84. The minimum Gasteiger partial charge on any atom is -0.396 e. The molecular formula is C15H22ClNO2. The topological polar surface area (TPSA) is 49.3 Å². The first-order valence-electron chi connectivity index (χ1n) is 6.73. The first-order chi connectivity index (χ1) is 9.08. The van der Waals surface area contributed by atoms with Gasteiger partial charge < -0.3 is 10.4 Å². The van der Waals surface area contributed by atoms with Gasteiger partial charge in [0.1, 0.15) is 0 Å². The largest absolute Gasteiger partial charge is 0.396 e. The number of amides is 1. The third-order valence-corrected chi connectivity index (χ3v) is 3.63. The number of aryl methyl sites for hydroxylation is 1. The van der Waals surface area contributed by atoms with Crippen molar-refractivity contribution in [2.45, 2.75) is 33.1 Å². The maximum absolute atomic E-state index is 12.0. The molecule has 0 aliphatic rings. The minimum absolute atomic E-state index is 0.110. The van der Waals surface area contributed by atoms with Crippen molar-refractivity contribution in [3.8, 4) is 0 Å². The Labute approximate surface area is 120 Å². The summed E-state index contributed by atoms with van der Waals surface area (Å²) in [7, 11) is 0. The summed E-state index contributed by atoms with van der Waals surface area (Å²) in [5.74, 6) is 0.223. The molecule has 0 heterocycles. The van der Waals surface area contributed by atoms with Gasteiger partial charge in [0.15, 0.2) is 0 Å². The quantitative estimate of drug-likeness (QED) is 0.807. The highest BCUT2D eigenvalue weighted by atomic mass is 35.5. The Morgan fingerprint density at radius 1 is 1.42 bits per heavy atom. The highest BCUT2D eigenvalue weighted by molar-refractivity contribution is 6.31. The average Bonchev–Trinajstić information content (AvgIpc) is 2.39. The molecule has 1 aromatic carbocycles. The smallest absolute Gasteiger partial charge is 0.251 e. The molecule has 4 heteroatoms. The summed E-state index contributed by atoms with van der Waals surface area (Å²) in [6, 6.07) is 5.30. The molecule has 0 bridgehead atoms. The molecule has 0 fully saturated rings. The van der Waals surface area contributed by atoms with Crippen LogP contribution in [0.2, 0.25) is 5.02 Å². The number of aliphatic hydroxyl groups excluding tert-OH is 1. The van der Waals surface area contributed by atoms with Gasteiger partial charge in [-0.2, -0.15) is 0 Å². The van der Waals surface area contributed by atoms with Crippen LogP contribution in [0.1, 0.15) is 42.1 Å². The van der Waals surface area contributed by atoms with E-state index in [9.17, 15) is 4.79 Å². The molecule has 1 unspecified atom stereocenters. The SMILES string of the molecule is CCCC(CCO)CNC(=O)c1ccc(C)c(Cl)c1. The van der Waals surface area contributed by atoms with Gasteiger partial charge in [0.25, 0.3) is 5.91 Å². The maximum atomic E-state index is 12.0. The number of carbonyl (C=O) groups is 1. The number of hydrogen-bond acceptors (Lipinski definition) is 2. The lowest BCUT2D eigenvalue weighted by molar-refractivity contribution is 0.0943. The third-order valence-electron chi connectivity index (χ3n) is 3.22. The summed E-state index contributed by atoms with van der Waals surface area (Å²) in [6.07, 6.45) is 2.79. The van der Waals surface area contributed by atoms with Crippen molar-refractivity contribution in [1.29, 1.82) is 0 Å². The Balaban J connectivity index is 2.56. The lowest BCUT2D eigenvalue weighted by Crippen LogP contribution is -2.29. The standard InChI is InChI=1S/C15H22ClNO2/c1-3-4-12(7-8-18)10-17-15(19)13-6-5-11(2)14(16)9-13/h5-6,9,12,18H,3-4,7-8,10H2,1-2H3,(H,17,19). The molecule has 0 aliphatic carbocycles. The van der Waals surface area contributed by atoms with Crippen LogP contribution in [0, 0.1) is 12.8 Å². The lowest BCUT2D eigenvalue weighted by atomic mass is 10.00. The van der Waals surface area contributed by atoms with Crippen molar-refractivity contribution < 1.29 is 9.90 Å². The van der Waals surface area contributed by atoms with Gasteiger partial charge in [0.2, 0.25) is 0 Å². The fourth-order valence-corrected chi connectivity index (χ4v) is 2.19. The normalized spacial score (nSPS) is 12.2. The molecule has 19 heavy (non-hydrogen) atoms. The predicted octanol–water partition coefficient (Wildman–Crippen LogP) is 3.18. The predicted molar refractivity (Wildman–Crippen MR) is 78.6 cm³/mol. The van der Waals surface area contributed by atoms with E-state index in [1.165, 1.54) is 0 Å². The molecule has 1 aromatic rings. The van der Waals surface area contributed by atoms with Crippen LogP contribution in [0.15, 0.2) is 18.2 Å². The highest BCUT2D eigenvalue weighted by Gasteiger charge is 2.11. The number of aliphatic hydroxyl groups is 1. The van der Waals surface area contributed by atoms with Crippen LogP contribution in [0.3, 0.4) is 0 Å². The summed E-state index contributed by atoms with van der Waals surface area (Å²) in [5, 5.41) is 12.5. The van der Waals surface area contributed by atoms with E-state index in [1.54, 1.807) is 12.1 Å². The fourth-order valence-electron chi connectivity index (χ4n) is 2.01. The average molecular weight is 284 g/mol. The zero-order valence-corrected chi connectivity index (χ0v) is 12.3. The van der Waals surface area contributed by atoms with Crippen LogP contribution in [-0.4, -0.2) is 24.2 Å². The van der Waals surface area contributed by atoms with E-state index < -0.39 is 0 Å². The van der Waals surface area contributed by atoms with Gasteiger partial charge in [-0.25, -0.2) is 0 Å². The van der Waals surface area contributed by atoms with Gasteiger partial charge in [0.05, 0.1) is 0 Å². The zero-order chi connectivity index (χ0) is 14.3. The van der Waals surface area contributed by atoms with Gasteiger partial charge in [0, 0.05) is 23.7 Å². The molecule has 1 atom stereocenters. The number of carbonyl (C=O) groups excluding carboxylic acids is 1. The molecule has 106 valence electrons. The van der Waals surface area contributed by atoms with Crippen molar-refractivity contribution in [1.82, 2.24) is 5.32 Å². The van der Waals surface area contributed by atoms with Crippen LogP contribution >= 0.6 is 11.6 Å². The first kappa shape index (κ1) is 16.0. The molecule has 3 nitrogen and oxygen atoms in total. The van der Waals surface area contributed by atoms with Gasteiger partial charge >= 0.3 is 0 Å². The summed E-state index contributed by atoms with van der Waals surface area (Å²) < 4.78 is 0. The summed E-state index contributed by atoms with van der Waals surface area (Å²) in [5.41, 5.74) is 1.54. The van der Waals surface area contributed by atoms with Crippen molar-refractivity contribution in [3.63, 3.8) is 0 Å². The van der Waals surface area contributed by atoms with Crippen LogP contribution in [0.4, 0.5) is 0 Å². The molecule has 0 spiro atoms. The highest BCUT2D eigenvalue weighted by Crippen LogP contribution is 2.17. The van der Waals surface area contributed by atoms with Crippen molar-refractivity contribution in [2.24, 2.45) is 5.92 Å². The Bertz CT molecular complexity index is 415. The fraction of sp³-hybridized carbons (Fsp3) is 0.533. The maximum Gasteiger partial charge on any atom is 0.251 e. The summed E-state index contributed by atoms with van der Waals surface area (Å²) >= 11 is 6.01. The molecule has 1 amide bonds. The molecule has 0 radical (unpaired) electrons. The van der Waals surface area contributed by atoms with Crippen molar-refractivity contribution in [3.05, 3.63) is 34.3 Å². The van der Waals surface area contributed by atoms with Gasteiger partial charge in [-0.15, -0.1) is 0 Å². The molecule has 0 aromatic heterocycles. The van der Waals surface area contributed by atoms with E-state index in [4.69, 9.17) is 16.7 Å². The number of nitrogens with one attached hydrogen (secondary N) is 1. The Morgan fingerprint density at radius 2 is 2.16 bits per heavy atom. The molecule has 1 rings (SSSR count). The summed E-state index contributed by atoms with van der Waals surface area (Å²) in [6.45, 7) is 4.77. The number of rotatable bonds is 7. The van der Waals surface area contributed by atoms with E-state index in [-0.39, 0.29) is 12.5 Å². The van der Waals surface area contributed by atoms with Crippen LogP contribution in [0.25, 0.3) is 0 Å². The van der Waals surface area contributed by atoms with Crippen LogP contribution in [0.5, 0.6) is 0 Å². The molecule has 0 aliphatic heterocycles. The van der Waals surface area contributed by atoms with Crippen LogP contribution < -0.4 is 5.32 Å². The third kappa shape index (κ3) is 5.21. The van der Waals surface area contributed by atoms with Crippen molar-refractivity contribution in [2.75, 3.05) is 13.2 Å². The van der Waals surface area contributed by atoms with Crippen LogP contribution in [-0.2, 0) is 0 Å². The number of benzene rings is 1.